The smallest absolute Gasteiger partial charge is 0.270 e. The number of amides is 1. The maximum absolute atomic E-state index is 13.2. The summed E-state index contributed by atoms with van der Waals surface area (Å²) >= 11 is 3.05. The minimum atomic E-state index is -0.00165. The van der Waals surface area contributed by atoms with E-state index < -0.39 is 0 Å². The van der Waals surface area contributed by atoms with E-state index in [1.54, 1.807) is 16.2 Å². The molecular formula is C21H18N2OS2. The zero-order valence-electron chi connectivity index (χ0n) is 14.6. The van der Waals surface area contributed by atoms with Crippen molar-refractivity contribution in [2.45, 2.75) is 20.4 Å². The Balaban J connectivity index is 1.81. The number of benzene rings is 2. The van der Waals surface area contributed by atoms with Gasteiger partial charge in [0, 0.05) is 0 Å². The van der Waals surface area contributed by atoms with Crippen LogP contribution in [-0.2, 0) is 6.54 Å². The van der Waals surface area contributed by atoms with Crippen molar-refractivity contribution in [2.75, 3.05) is 4.90 Å². The van der Waals surface area contributed by atoms with Crippen molar-refractivity contribution in [1.29, 1.82) is 0 Å². The Morgan fingerprint density at radius 3 is 2.46 bits per heavy atom. The summed E-state index contributed by atoms with van der Waals surface area (Å²) in [5.41, 5.74) is 4.40. The Morgan fingerprint density at radius 2 is 1.77 bits per heavy atom. The van der Waals surface area contributed by atoms with Gasteiger partial charge < -0.3 is 0 Å². The fourth-order valence-electron chi connectivity index (χ4n) is 2.89. The lowest BCUT2D eigenvalue weighted by atomic mass is 10.1. The van der Waals surface area contributed by atoms with Crippen molar-refractivity contribution < 1.29 is 4.79 Å². The average molecular weight is 379 g/mol. The number of aryl methyl sites for hydroxylation is 2. The summed E-state index contributed by atoms with van der Waals surface area (Å²) < 4.78 is 1.15. The zero-order chi connectivity index (χ0) is 18.1. The predicted octanol–water partition coefficient (Wildman–Crippen LogP) is 5.82. The maximum atomic E-state index is 13.2. The Kier molecular flexibility index (Phi) is 4.57. The van der Waals surface area contributed by atoms with Crippen LogP contribution in [0.15, 0.2) is 60.0 Å². The van der Waals surface area contributed by atoms with Crippen LogP contribution in [0.4, 0.5) is 5.13 Å². The summed E-state index contributed by atoms with van der Waals surface area (Å²) in [5, 5.41) is 2.68. The van der Waals surface area contributed by atoms with Gasteiger partial charge in [0.15, 0.2) is 5.13 Å². The fourth-order valence-corrected chi connectivity index (χ4v) is 4.67. The van der Waals surface area contributed by atoms with E-state index >= 15 is 0 Å². The first-order valence-corrected chi connectivity index (χ1v) is 10.1. The van der Waals surface area contributed by atoms with Crippen LogP contribution in [0.3, 0.4) is 0 Å². The molecule has 0 saturated carbocycles. The molecule has 0 aliphatic rings. The second kappa shape index (κ2) is 7.02. The molecule has 2 aromatic carbocycles. The van der Waals surface area contributed by atoms with Crippen molar-refractivity contribution in [2.24, 2.45) is 0 Å². The second-order valence-electron chi connectivity index (χ2n) is 6.23. The summed E-state index contributed by atoms with van der Waals surface area (Å²) in [5.74, 6) is -0.00165. The van der Waals surface area contributed by atoms with Gasteiger partial charge >= 0.3 is 0 Å². The number of carbonyl (C=O) groups excluding carboxylic acids is 1. The Hall–Kier alpha value is -2.50. The third kappa shape index (κ3) is 3.16. The van der Waals surface area contributed by atoms with Gasteiger partial charge in [0.2, 0.25) is 0 Å². The third-order valence-corrected chi connectivity index (χ3v) is 6.39. The minimum absolute atomic E-state index is 0.00165. The van der Waals surface area contributed by atoms with Crippen molar-refractivity contribution in [3.63, 3.8) is 0 Å². The van der Waals surface area contributed by atoms with Crippen LogP contribution in [0.5, 0.6) is 0 Å². The Labute approximate surface area is 160 Å². The van der Waals surface area contributed by atoms with Gasteiger partial charge in [-0.25, -0.2) is 4.98 Å². The molecule has 0 fully saturated rings. The molecule has 1 amide bonds. The van der Waals surface area contributed by atoms with Gasteiger partial charge in [0.05, 0.1) is 21.6 Å². The lowest BCUT2D eigenvalue weighted by Crippen LogP contribution is -2.29. The van der Waals surface area contributed by atoms with Crippen molar-refractivity contribution in [3.8, 4) is 0 Å². The molecule has 0 N–H and O–H groups in total. The van der Waals surface area contributed by atoms with E-state index in [-0.39, 0.29) is 5.91 Å². The van der Waals surface area contributed by atoms with Gasteiger partial charge in [-0.05, 0) is 42.0 Å². The van der Waals surface area contributed by atoms with Gasteiger partial charge in [-0.3, -0.25) is 9.69 Å². The molecule has 0 aliphatic carbocycles. The van der Waals surface area contributed by atoms with E-state index in [1.807, 2.05) is 47.8 Å². The van der Waals surface area contributed by atoms with E-state index in [0.29, 0.717) is 6.54 Å². The molecule has 0 unspecified atom stereocenters. The number of fused-ring (bicyclic) bond motifs is 1. The normalized spacial score (nSPS) is 11.0. The van der Waals surface area contributed by atoms with Crippen LogP contribution >= 0.6 is 22.7 Å². The molecule has 3 nitrogen and oxygen atoms in total. The van der Waals surface area contributed by atoms with E-state index in [9.17, 15) is 4.79 Å². The third-order valence-electron chi connectivity index (χ3n) is 4.32. The first kappa shape index (κ1) is 16.9. The van der Waals surface area contributed by atoms with Gasteiger partial charge in [-0.1, -0.05) is 59.9 Å². The molecule has 130 valence electrons. The minimum Gasteiger partial charge on any atom is -0.279 e. The number of thiazole rings is 1. The zero-order valence-corrected chi connectivity index (χ0v) is 16.2. The van der Waals surface area contributed by atoms with E-state index in [2.05, 4.69) is 26.0 Å². The molecule has 0 radical (unpaired) electrons. The predicted molar refractivity (Wildman–Crippen MR) is 110 cm³/mol. The molecule has 5 heteroatoms. The number of anilines is 1. The summed E-state index contributed by atoms with van der Waals surface area (Å²) in [6.07, 6.45) is 0. The average Bonchev–Trinajstić information content (AvgIpc) is 3.33. The molecule has 0 saturated heterocycles. The highest BCUT2D eigenvalue weighted by Crippen LogP contribution is 2.34. The van der Waals surface area contributed by atoms with Crippen molar-refractivity contribution in [1.82, 2.24) is 4.98 Å². The lowest BCUT2D eigenvalue weighted by molar-refractivity contribution is 0.0989. The molecule has 0 aliphatic heterocycles. The topological polar surface area (TPSA) is 33.2 Å². The summed E-state index contributed by atoms with van der Waals surface area (Å²) in [4.78, 5) is 20.5. The number of carbonyl (C=O) groups is 1. The van der Waals surface area contributed by atoms with Crippen LogP contribution in [-0.4, -0.2) is 10.9 Å². The van der Waals surface area contributed by atoms with Crippen LogP contribution in [0, 0.1) is 13.8 Å². The number of thiophene rings is 1. The highest BCUT2D eigenvalue weighted by Gasteiger charge is 2.23. The molecular weight excluding hydrogens is 360 g/mol. The molecule has 26 heavy (non-hydrogen) atoms. The number of rotatable bonds is 4. The molecule has 2 heterocycles. The first-order valence-electron chi connectivity index (χ1n) is 8.39. The van der Waals surface area contributed by atoms with Crippen molar-refractivity contribution in [3.05, 3.63) is 81.5 Å². The molecule has 0 spiro atoms. The van der Waals surface area contributed by atoms with E-state index in [4.69, 9.17) is 4.98 Å². The lowest BCUT2D eigenvalue weighted by Gasteiger charge is -2.19. The van der Waals surface area contributed by atoms with Crippen molar-refractivity contribution >= 4 is 43.9 Å². The number of hydrogen-bond acceptors (Lipinski definition) is 4. The highest BCUT2D eigenvalue weighted by molar-refractivity contribution is 7.22. The highest BCUT2D eigenvalue weighted by atomic mass is 32.1. The molecule has 2 aromatic heterocycles. The van der Waals surface area contributed by atoms with Gasteiger partial charge in [-0.2, -0.15) is 0 Å². The molecule has 4 rings (SSSR count). The van der Waals surface area contributed by atoms with Gasteiger partial charge in [0.1, 0.15) is 0 Å². The van der Waals surface area contributed by atoms with Crippen LogP contribution in [0.1, 0.15) is 26.4 Å². The van der Waals surface area contributed by atoms with Gasteiger partial charge in [0.25, 0.3) is 5.91 Å². The van der Waals surface area contributed by atoms with Crippen LogP contribution < -0.4 is 4.90 Å². The standard InChI is InChI=1S/C21H18N2OS2/c1-14-10-11-15(2)19-18(14)22-21(26-19)23(13-16-7-4-3-5-8-16)20(24)17-9-6-12-25-17/h3-12H,13H2,1-2H3. The quantitative estimate of drug-likeness (QED) is 0.448. The summed E-state index contributed by atoms with van der Waals surface area (Å²) in [6.45, 7) is 4.66. The number of hydrogen-bond donors (Lipinski definition) is 0. The number of nitrogens with zero attached hydrogens (tertiary/aromatic N) is 2. The van der Waals surface area contributed by atoms with Crippen LogP contribution in [0.2, 0.25) is 0 Å². The second-order valence-corrected chi connectivity index (χ2v) is 8.15. The SMILES string of the molecule is Cc1ccc(C)c2sc(N(Cc3ccccc3)C(=O)c3cccs3)nc12. The Morgan fingerprint density at radius 1 is 1.00 bits per heavy atom. The van der Waals surface area contributed by atoms with Gasteiger partial charge in [-0.15, -0.1) is 11.3 Å². The monoisotopic (exact) mass is 378 g/mol. The largest absolute Gasteiger partial charge is 0.279 e. The maximum Gasteiger partial charge on any atom is 0.270 e. The Bertz CT molecular complexity index is 1010. The fraction of sp³-hybridized carbons (Fsp3) is 0.143. The summed E-state index contributed by atoms with van der Waals surface area (Å²) in [7, 11) is 0. The number of aromatic nitrogens is 1. The van der Waals surface area contributed by atoms with Crippen LogP contribution in [0.25, 0.3) is 10.2 Å². The summed E-state index contributed by atoms with van der Waals surface area (Å²) in [6, 6.07) is 18.0. The molecule has 0 bridgehead atoms. The molecule has 4 aromatic rings. The van der Waals surface area contributed by atoms with E-state index in [0.717, 1.165) is 31.4 Å². The molecule has 0 atom stereocenters. The first-order chi connectivity index (χ1) is 12.6. The van der Waals surface area contributed by atoms with E-state index in [1.165, 1.54) is 16.9 Å².